The summed E-state index contributed by atoms with van der Waals surface area (Å²) in [4.78, 5) is 8.25. The Hall–Kier alpha value is 0.199. The topological polar surface area (TPSA) is 94.7 Å². The van der Waals surface area contributed by atoms with Crippen molar-refractivity contribution < 1.29 is 44.7 Å². The van der Waals surface area contributed by atoms with Crippen LogP contribution in [0.4, 0.5) is 0 Å². The third-order valence-corrected chi connectivity index (χ3v) is 0. The molecule has 0 radical (unpaired) electrons. The van der Waals surface area contributed by atoms with Gasteiger partial charge in [-0.25, -0.2) is 0 Å². The Bertz CT molecular complexity index is 32.7. The van der Waals surface area contributed by atoms with E-state index in [1.807, 2.05) is 0 Å². The standard InChI is InChI=1S/2Fe.NO3.O/c;;2-1(3)4;/q2*+2;-1;-2. The van der Waals surface area contributed by atoms with E-state index in [9.17, 15) is 0 Å². The number of nitrogens with zero attached hydrogens (tertiary/aromatic N) is 1. The molecule has 0 unspecified atom stereocenters. The van der Waals surface area contributed by atoms with Crippen molar-refractivity contribution in [1.82, 2.24) is 0 Å². The molecule has 7 heteroatoms. The molecule has 0 saturated heterocycles. The van der Waals surface area contributed by atoms with Gasteiger partial charge in [0.1, 0.15) is 0 Å². The Kier molecular flexibility index (Phi) is 63.2. The van der Waals surface area contributed by atoms with Crippen LogP contribution >= 0.6 is 0 Å². The molecule has 0 atom stereocenters. The quantitative estimate of drug-likeness (QED) is 0.296. The fourth-order valence-electron chi connectivity index (χ4n) is 0. The molecule has 0 heterocycles. The van der Waals surface area contributed by atoms with Crippen molar-refractivity contribution in [2.45, 2.75) is 0 Å². The van der Waals surface area contributed by atoms with Crippen LogP contribution in [0.15, 0.2) is 0 Å². The Labute approximate surface area is 60.4 Å². The summed E-state index contributed by atoms with van der Waals surface area (Å²) in [6, 6.07) is 0. The number of hydrogen-bond acceptors (Lipinski definition) is 3. The van der Waals surface area contributed by atoms with Gasteiger partial charge in [0.05, 0.1) is 5.09 Å². The average Bonchev–Trinajstić information content (AvgIpc) is 0.811. The summed E-state index contributed by atoms with van der Waals surface area (Å²) in [6.45, 7) is 0. The Morgan fingerprint density at radius 1 is 1.14 bits per heavy atom. The van der Waals surface area contributed by atoms with Crippen molar-refractivity contribution >= 4 is 0 Å². The van der Waals surface area contributed by atoms with Crippen molar-refractivity contribution in [2.75, 3.05) is 0 Å². The van der Waals surface area contributed by atoms with Gasteiger partial charge in [-0.2, -0.15) is 0 Å². The van der Waals surface area contributed by atoms with Crippen LogP contribution in [0, 0.1) is 15.3 Å². The van der Waals surface area contributed by atoms with E-state index in [1.54, 1.807) is 0 Å². The fraction of sp³-hybridized carbons (Fsp3) is 0. The molecule has 0 aromatic heterocycles. The SMILES string of the molecule is O=[N+]([O-])[O-].[Fe+2].[Fe+2].[O-2]. The van der Waals surface area contributed by atoms with E-state index < -0.39 is 5.09 Å². The molecule has 0 aromatic rings. The summed E-state index contributed by atoms with van der Waals surface area (Å²) >= 11 is 0. The molecule has 0 saturated carbocycles. The van der Waals surface area contributed by atoms with Crippen LogP contribution in [-0.2, 0) is 39.6 Å². The number of hydrogen-bond donors (Lipinski definition) is 0. The Morgan fingerprint density at radius 2 is 1.14 bits per heavy atom. The maximum absolute atomic E-state index is 8.25. The molecule has 0 fully saturated rings. The van der Waals surface area contributed by atoms with Crippen molar-refractivity contribution in [2.24, 2.45) is 0 Å². The second-order valence-electron chi connectivity index (χ2n) is 0.224. The molecule has 0 amide bonds. The van der Waals surface area contributed by atoms with Crippen molar-refractivity contribution in [3.63, 3.8) is 0 Å². The third-order valence-electron chi connectivity index (χ3n) is 0. The summed E-state index contributed by atoms with van der Waals surface area (Å²) < 4.78 is 0. The predicted molar refractivity (Wildman–Crippen MR) is 11.0 cm³/mol. The van der Waals surface area contributed by atoms with Gasteiger partial charge in [-0.3, -0.25) is 0 Å². The molecule has 0 bridgehead atoms. The van der Waals surface area contributed by atoms with E-state index in [0.29, 0.717) is 0 Å². The molecule has 0 aromatic carbocycles. The van der Waals surface area contributed by atoms with Crippen molar-refractivity contribution in [3.05, 3.63) is 15.3 Å². The Balaban J connectivity index is -0.0000000150. The second kappa shape index (κ2) is 16.4. The van der Waals surface area contributed by atoms with Crippen LogP contribution in [0.25, 0.3) is 0 Å². The molecule has 0 rings (SSSR count). The first-order valence-corrected chi connectivity index (χ1v) is 0.548. The second-order valence-corrected chi connectivity index (χ2v) is 0.224. The third kappa shape index (κ3) is 2760. The zero-order chi connectivity index (χ0) is 3.58. The molecule has 7 heavy (non-hydrogen) atoms. The Morgan fingerprint density at radius 3 is 1.14 bits per heavy atom. The molecular weight excluding hydrogens is 190 g/mol. The van der Waals surface area contributed by atoms with Crippen LogP contribution in [-0.4, -0.2) is 5.09 Å². The average molecular weight is 190 g/mol. The summed E-state index contributed by atoms with van der Waals surface area (Å²) in [5.41, 5.74) is 0. The van der Waals surface area contributed by atoms with E-state index >= 15 is 0 Å². The van der Waals surface area contributed by atoms with E-state index in [0.717, 1.165) is 0 Å². The normalized spacial score (nSPS) is 3.43. The molecule has 5 nitrogen and oxygen atoms in total. The van der Waals surface area contributed by atoms with E-state index in [-0.39, 0.29) is 39.6 Å². The first-order valence-electron chi connectivity index (χ1n) is 0.548. The fourth-order valence-corrected chi connectivity index (χ4v) is 0. The molecule has 0 aliphatic heterocycles. The van der Waals surface area contributed by atoms with Gasteiger partial charge in [0.25, 0.3) is 0 Å². The van der Waals surface area contributed by atoms with Crippen molar-refractivity contribution in [1.29, 1.82) is 0 Å². The van der Waals surface area contributed by atoms with Gasteiger partial charge < -0.3 is 20.8 Å². The first-order chi connectivity index (χ1) is 1.73. The van der Waals surface area contributed by atoms with Crippen LogP contribution in [0.3, 0.4) is 0 Å². The van der Waals surface area contributed by atoms with E-state index in [1.165, 1.54) is 0 Å². The zero-order valence-corrected chi connectivity index (χ0v) is 5.00. The molecular formula is Fe2NO4+. The van der Waals surface area contributed by atoms with Crippen LogP contribution in [0.1, 0.15) is 0 Å². The summed E-state index contributed by atoms with van der Waals surface area (Å²) in [6.07, 6.45) is 0. The molecule has 0 aliphatic carbocycles. The molecule has 0 spiro atoms. The first kappa shape index (κ1) is 27.0. The van der Waals surface area contributed by atoms with Gasteiger partial charge in [0.2, 0.25) is 0 Å². The molecule has 0 N–H and O–H groups in total. The smallest absolute Gasteiger partial charge is 2.00 e. The summed E-state index contributed by atoms with van der Waals surface area (Å²) in [7, 11) is 0. The van der Waals surface area contributed by atoms with Gasteiger partial charge in [0, 0.05) is 0 Å². The minimum absolute atomic E-state index is 0. The largest absolute Gasteiger partial charge is 2.00 e. The van der Waals surface area contributed by atoms with E-state index in [4.69, 9.17) is 15.3 Å². The monoisotopic (exact) mass is 190 g/mol. The van der Waals surface area contributed by atoms with Crippen LogP contribution in [0.2, 0.25) is 0 Å². The maximum Gasteiger partial charge on any atom is 2.00 e. The molecule has 44 valence electrons. The summed E-state index contributed by atoms with van der Waals surface area (Å²) in [5.74, 6) is 0. The van der Waals surface area contributed by atoms with E-state index in [2.05, 4.69) is 0 Å². The van der Waals surface area contributed by atoms with Gasteiger partial charge in [0.15, 0.2) is 0 Å². The maximum atomic E-state index is 8.25. The van der Waals surface area contributed by atoms with Gasteiger partial charge in [-0.15, -0.1) is 0 Å². The van der Waals surface area contributed by atoms with Crippen molar-refractivity contribution in [3.8, 4) is 0 Å². The number of rotatable bonds is 0. The molecule has 0 aliphatic rings. The summed E-state index contributed by atoms with van der Waals surface area (Å²) in [5, 5.41) is 14.8. The van der Waals surface area contributed by atoms with Crippen LogP contribution < -0.4 is 0 Å². The predicted octanol–water partition coefficient (Wildman–Crippen LogP) is -0.363. The van der Waals surface area contributed by atoms with Gasteiger partial charge >= 0.3 is 34.1 Å². The minimum atomic E-state index is -1.75. The zero-order valence-electron chi connectivity index (χ0n) is 2.79. The van der Waals surface area contributed by atoms with Crippen LogP contribution in [0.5, 0.6) is 0 Å². The van der Waals surface area contributed by atoms with Gasteiger partial charge in [-0.1, -0.05) is 0 Å². The van der Waals surface area contributed by atoms with Gasteiger partial charge in [-0.05, 0) is 0 Å². The minimum Gasteiger partial charge on any atom is -2.00 e.